The van der Waals surface area contributed by atoms with Gasteiger partial charge in [-0.05, 0) is 36.1 Å². The second-order valence-electron chi connectivity index (χ2n) is 3.50. The minimum Gasteiger partial charge on any atom is -0.398 e. The molecule has 1 heterocycles. The van der Waals surface area contributed by atoms with Crippen LogP contribution in [-0.4, -0.2) is 0 Å². The highest BCUT2D eigenvalue weighted by molar-refractivity contribution is 7.09. The Labute approximate surface area is 93.7 Å². The summed E-state index contributed by atoms with van der Waals surface area (Å²) in [6.07, 6.45) is 0. The van der Waals surface area contributed by atoms with Crippen LogP contribution in [0.4, 0.5) is 11.4 Å². The topological polar surface area (TPSA) is 38.0 Å². The van der Waals surface area contributed by atoms with Crippen LogP contribution in [0.2, 0.25) is 0 Å². The lowest BCUT2D eigenvalue weighted by molar-refractivity contribution is 1.19. The first kappa shape index (κ1) is 10.1. The quantitative estimate of drug-likeness (QED) is 0.776. The molecule has 78 valence electrons. The average Bonchev–Trinajstić information content (AvgIpc) is 2.73. The molecule has 3 heteroatoms. The minimum absolute atomic E-state index is 0.839. The van der Waals surface area contributed by atoms with Gasteiger partial charge < -0.3 is 11.1 Å². The predicted molar refractivity (Wildman–Crippen MR) is 67.2 cm³/mol. The standard InChI is InChI=1S/C12H14N2S/c1-9-4-5-10(7-12(9)13)14-8-11-3-2-6-15-11/h2-7,14H,8,13H2,1H3. The maximum atomic E-state index is 5.83. The Morgan fingerprint density at radius 3 is 2.87 bits per heavy atom. The molecule has 2 aromatic rings. The van der Waals surface area contributed by atoms with E-state index in [1.54, 1.807) is 11.3 Å². The molecule has 1 aromatic carbocycles. The van der Waals surface area contributed by atoms with Gasteiger partial charge in [0.2, 0.25) is 0 Å². The molecule has 0 aliphatic rings. The van der Waals surface area contributed by atoms with Crippen molar-refractivity contribution in [3.63, 3.8) is 0 Å². The van der Waals surface area contributed by atoms with Crippen LogP contribution >= 0.6 is 11.3 Å². The highest BCUT2D eigenvalue weighted by Gasteiger charge is 1.97. The molecule has 0 amide bonds. The molecule has 0 aliphatic carbocycles. The van der Waals surface area contributed by atoms with Crippen molar-refractivity contribution in [2.45, 2.75) is 13.5 Å². The predicted octanol–water partition coefficient (Wildman–Crippen LogP) is 3.25. The highest BCUT2D eigenvalue weighted by atomic mass is 32.1. The van der Waals surface area contributed by atoms with E-state index in [2.05, 4.69) is 28.9 Å². The van der Waals surface area contributed by atoms with E-state index in [1.165, 1.54) is 4.88 Å². The maximum Gasteiger partial charge on any atom is 0.0494 e. The van der Waals surface area contributed by atoms with Gasteiger partial charge >= 0.3 is 0 Å². The second kappa shape index (κ2) is 4.36. The molecule has 2 rings (SSSR count). The van der Waals surface area contributed by atoms with Gasteiger partial charge in [-0.3, -0.25) is 0 Å². The summed E-state index contributed by atoms with van der Waals surface area (Å²) in [7, 11) is 0. The van der Waals surface area contributed by atoms with Crippen LogP contribution in [0.3, 0.4) is 0 Å². The van der Waals surface area contributed by atoms with E-state index in [-0.39, 0.29) is 0 Å². The molecule has 2 nitrogen and oxygen atoms in total. The van der Waals surface area contributed by atoms with Crippen molar-refractivity contribution in [2.75, 3.05) is 11.1 Å². The molecule has 0 saturated heterocycles. The van der Waals surface area contributed by atoms with Crippen molar-refractivity contribution in [1.82, 2.24) is 0 Å². The summed E-state index contributed by atoms with van der Waals surface area (Å²) < 4.78 is 0. The lowest BCUT2D eigenvalue weighted by Crippen LogP contribution is -1.98. The van der Waals surface area contributed by atoms with Gasteiger partial charge in [-0.15, -0.1) is 11.3 Å². The van der Waals surface area contributed by atoms with Crippen molar-refractivity contribution >= 4 is 22.7 Å². The van der Waals surface area contributed by atoms with E-state index in [0.29, 0.717) is 0 Å². The van der Waals surface area contributed by atoms with Crippen LogP contribution in [-0.2, 0) is 6.54 Å². The fraction of sp³-hybridized carbons (Fsp3) is 0.167. The molecule has 0 unspecified atom stereocenters. The summed E-state index contributed by atoms with van der Waals surface area (Å²) in [4.78, 5) is 1.33. The Bertz CT molecular complexity index is 435. The van der Waals surface area contributed by atoms with Crippen molar-refractivity contribution in [2.24, 2.45) is 0 Å². The molecule has 0 saturated carbocycles. The fourth-order valence-electron chi connectivity index (χ4n) is 1.35. The molecular formula is C12H14N2S. The van der Waals surface area contributed by atoms with E-state index in [4.69, 9.17) is 5.73 Å². The number of benzene rings is 1. The summed E-state index contributed by atoms with van der Waals surface area (Å²) in [6.45, 7) is 2.87. The molecule has 0 bridgehead atoms. The number of hydrogen-bond donors (Lipinski definition) is 2. The van der Waals surface area contributed by atoms with Crippen LogP contribution in [0.1, 0.15) is 10.4 Å². The highest BCUT2D eigenvalue weighted by Crippen LogP contribution is 2.18. The molecular weight excluding hydrogens is 204 g/mol. The van der Waals surface area contributed by atoms with Crippen molar-refractivity contribution in [3.8, 4) is 0 Å². The number of hydrogen-bond acceptors (Lipinski definition) is 3. The number of nitrogen functional groups attached to an aromatic ring is 1. The van der Waals surface area contributed by atoms with Crippen LogP contribution in [0.25, 0.3) is 0 Å². The molecule has 0 atom stereocenters. The number of nitrogens with one attached hydrogen (secondary N) is 1. The molecule has 0 spiro atoms. The number of aryl methyl sites for hydroxylation is 1. The third kappa shape index (κ3) is 2.50. The van der Waals surface area contributed by atoms with Gasteiger partial charge in [0.15, 0.2) is 0 Å². The Morgan fingerprint density at radius 2 is 2.20 bits per heavy atom. The zero-order chi connectivity index (χ0) is 10.7. The lowest BCUT2D eigenvalue weighted by atomic mass is 10.2. The number of thiophene rings is 1. The number of nitrogens with two attached hydrogens (primary N) is 1. The SMILES string of the molecule is Cc1ccc(NCc2cccs2)cc1N. The maximum absolute atomic E-state index is 5.83. The third-order valence-corrected chi connectivity index (χ3v) is 3.20. The van der Waals surface area contributed by atoms with Gasteiger partial charge in [0.25, 0.3) is 0 Å². The van der Waals surface area contributed by atoms with Crippen LogP contribution in [0.15, 0.2) is 35.7 Å². The smallest absolute Gasteiger partial charge is 0.0494 e. The van der Waals surface area contributed by atoms with Crippen LogP contribution in [0.5, 0.6) is 0 Å². The largest absolute Gasteiger partial charge is 0.398 e. The molecule has 0 fully saturated rings. The minimum atomic E-state index is 0.839. The zero-order valence-electron chi connectivity index (χ0n) is 8.66. The molecule has 1 aromatic heterocycles. The van der Waals surface area contributed by atoms with Crippen LogP contribution < -0.4 is 11.1 Å². The summed E-state index contributed by atoms with van der Waals surface area (Å²) in [5.74, 6) is 0. The third-order valence-electron chi connectivity index (χ3n) is 2.33. The van der Waals surface area contributed by atoms with E-state index in [1.807, 2.05) is 19.1 Å². The molecule has 3 N–H and O–H groups in total. The van der Waals surface area contributed by atoms with Gasteiger partial charge in [0.1, 0.15) is 0 Å². The second-order valence-corrected chi connectivity index (χ2v) is 4.54. The van der Waals surface area contributed by atoms with E-state index >= 15 is 0 Å². The van der Waals surface area contributed by atoms with Gasteiger partial charge in [-0.25, -0.2) is 0 Å². The molecule has 0 radical (unpaired) electrons. The van der Waals surface area contributed by atoms with Crippen molar-refractivity contribution in [1.29, 1.82) is 0 Å². The van der Waals surface area contributed by atoms with Crippen molar-refractivity contribution < 1.29 is 0 Å². The lowest BCUT2D eigenvalue weighted by Gasteiger charge is -2.07. The fourth-order valence-corrected chi connectivity index (χ4v) is 2.00. The summed E-state index contributed by atoms with van der Waals surface area (Å²) in [6, 6.07) is 10.2. The Kier molecular flexibility index (Phi) is 2.92. The average molecular weight is 218 g/mol. The van der Waals surface area contributed by atoms with Gasteiger partial charge in [0, 0.05) is 22.8 Å². The van der Waals surface area contributed by atoms with Gasteiger partial charge in [-0.1, -0.05) is 12.1 Å². The van der Waals surface area contributed by atoms with E-state index in [9.17, 15) is 0 Å². The first-order valence-electron chi connectivity index (χ1n) is 4.88. The van der Waals surface area contributed by atoms with Gasteiger partial charge in [0.05, 0.1) is 0 Å². The Morgan fingerprint density at radius 1 is 1.33 bits per heavy atom. The monoisotopic (exact) mass is 218 g/mol. The van der Waals surface area contributed by atoms with Crippen molar-refractivity contribution in [3.05, 3.63) is 46.2 Å². The van der Waals surface area contributed by atoms with Crippen LogP contribution in [0, 0.1) is 6.92 Å². The normalized spacial score (nSPS) is 10.2. The summed E-state index contributed by atoms with van der Waals surface area (Å²) in [5.41, 5.74) is 8.87. The zero-order valence-corrected chi connectivity index (χ0v) is 9.47. The first-order chi connectivity index (χ1) is 7.25. The van der Waals surface area contributed by atoms with Gasteiger partial charge in [-0.2, -0.15) is 0 Å². The number of rotatable bonds is 3. The first-order valence-corrected chi connectivity index (χ1v) is 5.76. The molecule has 15 heavy (non-hydrogen) atoms. The summed E-state index contributed by atoms with van der Waals surface area (Å²) in [5, 5.41) is 5.43. The molecule has 0 aliphatic heterocycles. The Balaban J connectivity index is 2.02. The summed E-state index contributed by atoms with van der Waals surface area (Å²) >= 11 is 1.76. The van der Waals surface area contributed by atoms with E-state index in [0.717, 1.165) is 23.5 Å². The number of anilines is 2. The Hall–Kier alpha value is -1.48. The van der Waals surface area contributed by atoms with E-state index < -0.39 is 0 Å².